The minimum atomic E-state index is -1.41. The molecule has 0 aromatic heterocycles. The Kier molecular flexibility index (Phi) is 5.05. The second-order valence-electron chi connectivity index (χ2n) is 7.59. The maximum absolute atomic E-state index is 12.7. The highest BCUT2D eigenvalue weighted by molar-refractivity contribution is 6.03. The van der Waals surface area contributed by atoms with E-state index in [2.05, 4.69) is 13.0 Å². The number of hydrogen-bond donors (Lipinski definition) is 0. The Balaban J connectivity index is 2.01. The Hall–Kier alpha value is -2.69. The minimum absolute atomic E-state index is 0.00696. The van der Waals surface area contributed by atoms with Gasteiger partial charge in [0.25, 0.3) is 0 Å². The summed E-state index contributed by atoms with van der Waals surface area (Å²) < 4.78 is 9.77. The van der Waals surface area contributed by atoms with Gasteiger partial charge in [0.2, 0.25) is 0 Å². The molecule has 0 bridgehead atoms. The lowest BCUT2D eigenvalue weighted by molar-refractivity contribution is -0.168. The van der Waals surface area contributed by atoms with E-state index in [1.165, 1.54) is 14.2 Å². The molecular weight excluding hydrogens is 344 g/mol. The zero-order chi connectivity index (χ0) is 19.7. The van der Waals surface area contributed by atoms with Crippen molar-refractivity contribution in [1.29, 1.82) is 0 Å². The number of carbonyl (C=O) groups is 3. The van der Waals surface area contributed by atoms with Gasteiger partial charge in [-0.1, -0.05) is 43.3 Å². The number of fused-ring (bicyclic) bond motifs is 1. The van der Waals surface area contributed by atoms with E-state index in [4.69, 9.17) is 9.47 Å². The third-order valence-electron chi connectivity index (χ3n) is 5.72. The van der Waals surface area contributed by atoms with E-state index in [1.807, 2.05) is 30.3 Å². The lowest BCUT2D eigenvalue weighted by atomic mass is 9.74. The smallest absolute Gasteiger partial charge is 0.323 e. The standard InChI is InChI=1S/C22H24O5/c1-21(17-7-5-4-6-8-17)10-9-15-12-22(19(24)26-2,20(25)27-3)13-16(15)11-18(23)14-21/h4-9,11H,10,12-14H2,1-3H3/b15-9-,16-11-. The Morgan fingerprint density at radius 1 is 0.926 bits per heavy atom. The molecule has 1 aromatic carbocycles. The molecule has 5 heteroatoms. The van der Waals surface area contributed by atoms with Crippen LogP contribution in [0.1, 0.15) is 38.2 Å². The molecule has 0 amide bonds. The van der Waals surface area contributed by atoms with Crippen LogP contribution in [-0.4, -0.2) is 31.9 Å². The summed E-state index contributed by atoms with van der Waals surface area (Å²) in [6.45, 7) is 2.07. The Bertz CT molecular complexity index is 818. The van der Waals surface area contributed by atoms with Crippen LogP contribution in [0.15, 0.2) is 53.6 Å². The molecule has 142 valence electrons. The molecular formula is C22H24O5. The summed E-state index contributed by atoms with van der Waals surface area (Å²) in [4.78, 5) is 37.6. The fraction of sp³-hybridized carbons (Fsp3) is 0.409. The topological polar surface area (TPSA) is 69.7 Å². The molecule has 2 aliphatic rings. The first-order chi connectivity index (χ1) is 12.8. The highest BCUT2D eigenvalue weighted by Gasteiger charge is 2.54. The third-order valence-corrected chi connectivity index (χ3v) is 5.72. The van der Waals surface area contributed by atoms with Gasteiger partial charge in [-0.2, -0.15) is 0 Å². The van der Waals surface area contributed by atoms with Crippen LogP contribution in [0.25, 0.3) is 0 Å². The molecule has 2 aliphatic carbocycles. The average molecular weight is 368 g/mol. The molecule has 0 heterocycles. The fourth-order valence-corrected chi connectivity index (χ4v) is 4.16. The largest absolute Gasteiger partial charge is 0.468 e. The van der Waals surface area contributed by atoms with Crippen LogP contribution >= 0.6 is 0 Å². The monoisotopic (exact) mass is 368 g/mol. The zero-order valence-corrected chi connectivity index (χ0v) is 15.9. The van der Waals surface area contributed by atoms with Gasteiger partial charge in [-0.3, -0.25) is 14.4 Å². The van der Waals surface area contributed by atoms with Crippen LogP contribution in [0.5, 0.6) is 0 Å². The van der Waals surface area contributed by atoms with Gasteiger partial charge in [0.15, 0.2) is 11.2 Å². The van der Waals surface area contributed by atoms with Crippen molar-refractivity contribution >= 4 is 17.7 Å². The van der Waals surface area contributed by atoms with Crippen molar-refractivity contribution in [2.24, 2.45) is 5.41 Å². The van der Waals surface area contributed by atoms with E-state index in [-0.39, 0.29) is 24.0 Å². The van der Waals surface area contributed by atoms with E-state index >= 15 is 0 Å². The normalized spacial score (nSPS) is 27.9. The molecule has 27 heavy (non-hydrogen) atoms. The molecule has 0 saturated heterocycles. The van der Waals surface area contributed by atoms with Gasteiger partial charge in [0.05, 0.1) is 14.2 Å². The molecule has 0 aliphatic heterocycles. The van der Waals surface area contributed by atoms with Crippen molar-refractivity contribution in [3.05, 3.63) is 59.2 Å². The molecule has 1 saturated carbocycles. The SMILES string of the molecule is COC(=O)C1(C(=O)OC)CC2=C/CC(C)(c3ccccc3)CC(=O)/C=C\2C1. The van der Waals surface area contributed by atoms with Crippen LogP contribution in [0.2, 0.25) is 0 Å². The predicted octanol–water partition coefficient (Wildman–Crippen LogP) is 3.29. The van der Waals surface area contributed by atoms with Gasteiger partial charge in [-0.15, -0.1) is 0 Å². The maximum Gasteiger partial charge on any atom is 0.323 e. The van der Waals surface area contributed by atoms with Crippen LogP contribution < -0.4 is 0 Å². The molecule has 0 spiro atoms. The highest BCUT2D eigenvalue weighted by atomic mass is 16.5. The highest BCUT2D eigenvalue weighted by Crippen LogP contribution is 2.48. The van der Waals surface area contributed by atoms with Gasteiger partial charge in [-0.25, -0.2) is 0 Å². The number of rotatable bonds is 3. The zero-order valence-electron chi connectivity index (χ0n) is 15.9. The maximum atomic E-state index is 12.7. The second kappa shape index (κ2) is 7.14. The number of benzene rings is 1. The Labute approximate surface area is 159 Å². The van der Waals surface area contributed by atoms with Crippen molar-refractivity contribution in [2.75, 3.05) is 14.2 Å². The Morgan fingerprint density at radius 3 is 2.11 bits per heavy atom. The molecule has 0 N–H and O–H groups in total. The van der Waals surface area contributed by atoms with E-state index in [9.17, 15) is 14.4 Å². The van der Waals surface area contributed by atoms with Crippen LogP contribution in [0, 0.1) is 5.41 Å². The summed E-state index contributed by atoms with van der Waals surface area (Å²) >= 11 is 0. The quantitative estimate of drug-likeness (QED) is 0.605. The molecule has 5 nitrogen and oxygen atoms in total. The first-order valence-electron chi connectivity index (χ1n) is 9.00. The number of allylic oxidation sites excluding steroid dienone is 4. The number of esters is 2. The van der Waals surface area contributed by atoms with Gasteiger partial charge in [-0.05, 0) is 42.0 Å². The lowest BCUT2D eigenvalue weighted by Gasteiger charge is -2.29. The fourth-order valence-electron chi connectivity index (χ4n) is 4.16. The van der Waals surface area contributed by atoms with E-state index in [0.717, 1.165) is 16.7 Å². The average Bonchev–Trinajstić information content (AvgIpc) is 3.03. The number of ketones is 1. The van der Waals surface area contributed by atoms with E-state index < -0.39 is 17.4 Å². The van der Waals surface area contributed by atoms with Gasteiger partial charge >= 0.3 is 11.9 Å². The third kappa shape index (κ3) is 3.34. The van der Waals surface area contributed by atoms with Gasteiger partial charge in [0, 0.05) is 11.8 Å². The molecule has 0 radical (unpaired) electrons. The van der Waals surface area contributed by atoms with Gasteiger partial charge < -0.3 is 9.47 Å². The van der Waals surface area contributed by atoms with Crippen molar-refractivity contribution in [1.82, 2.24) is 0 Å². The summed E-state index contributed by atoms with van der Waals surface area (Å²) in [5, 5.41) is 0. The first-order valence-corrected chi connectivity index (χ1v) is 9.00. The van der Waals surface area contributed by atoms with Crippen LogP contribution in [0.4, 0.5) is 0 Å². The number of ether oxygens (including phenoxy) is 2. The van der Waals surface area contributed by atoms with Crippen molar-refractivity contribution < 1.29 is 23.9 Å². The van der Waals surface area contributed by atoms with Gasteiger partial charge in [0.1, 0.15) is 0 Å². The minimum Gasteiger partial charge on any atom is -0.468 e. The molecule has 1 fully saturated rings. The van der Waals surface area contributed by atoms with Crippen molar-refractivity contribution in [3.8, 4) is 0 Å². The second-order valence-corrected chi connectivity index (χ2v) is 7.59. The lowest BCUT2D eigenvalue weighted by Crippen LogP contribution is -2.38. The van der Waals surface area contributed by atoms with Crippen LogP contribution in [0.3, 0.4) is 0 Å². The molecule has 1 atom stereocenters. The number of methoxy groups -OCH3 is 2. The van der Waals surface area contributed by atoms with E-state index in [0.29, 0.717) is 12.8 Å². The summed E-state index contributed by atoms with van der Waals surface area (Å²) in [6.07, 6.45) is 4.97. The number of hydrogen-bond acceptors (Lipinski definition) is 5. The Morgan fingerprint density at radius 2 is 1.52 bits per heavy atom. The molecule has 3 rings (SSSR count). The summed E-state index contributed by atoms with van der Waals surface area (Å²) in [7, 11) is 2.52. The van der Waals surface area contributed by atoms with Crippen molar-refractivity contribution in [2.45, 2.75) is 38.0 Å². The molecule has 1 unspecified atom stereocenters. The summed E-state index contributed by atoms with van der Waals surface area (Å²) in [6, 6.07) is 9.94. The first kappa shape index (κ1) is 19.1. The summed E-state index contributed by atoms with van der Waals surface area (Å²) in [5.74, 6) is -1.25. The summed E-state index contributed by atoms with van der Waals surface area (Å²) in [5.41, 5.74) is 0.925. The van der Waals surface area contributed by atoms with Crippen molar-refractivity contribution in [3.63, 3.8) is 0 Å². The predicted molar refractivity (Wildman–Crippen MR) is 99.9 cm³/mol. The van der Waals surface area contributed by atoms with Crippen LogP contribution in [-0.2, 0) is 29.3 Å². The number of carbonyl (C=O) groups excluding carboxylic acids is 3. The van der Waals surface area contributed by atoms with E-state index in [1.54, 1.807) is 6.08 Å². The molecule has 1 aromatic rings.